The van der Waals surface area contributed by atoms with Gasteiger partial charge in [0.15, 0.2) is 0 Å². The molecule has 0 spiro atoms. The molecule has 0 aromatic heterocycles. The Hall–Kier alpha value is -3.66. The molecule has 0 saturated carbocycles. The van der Waals surface area contributed by atoms with Crippen molar-refractivity contribution in [1.82, 2.24) is 0 Å². The van der Waals surface area contributed by atoms with E-state index in [1.165, 1.54) is 0 Å². The van der Waals surface area contributed by atoms with Crippen molar-refractivity contribution in [2.24, 2.45) is 0 Å². The number of rotatable bonds is 5. The first kappa shape index (κ1) is 18.4. The molecule has 1 aliphatic heterocycles. The molecule has 0 unspecified atom stereocenters. The van der Waals surface area contributed by atoms with Crippen LogP contribution in [0.4, 0.5) is 11.4 Å². The number of amides is 2. The van der Waals surface area contributed by atoms with Crippen LogP contribution in [-0.4, -0.2) is 18.4 Å². The summed E-state index contributed by atoms with van der Waals surface area (Å²) in [6, 6.07) is 23.3. The van der Waals surface area contributed by atoms with E-state index in [9.17, 15) is 9.59 Å². The monoisotopic (exact) mass is 394 g/mol. The number of carbonyl (C=O) groups is 2. The summed E-state index contributed by atoms with van der Waals surface area (Å²) in [4.78, 5) is 27.7. The number of nitrogens with one attached hydrogen (secondary N) is 1. The van der Waals surface area contributed by atoms with Crippen LogP contribution in [0.25, 0.3) is 21.5 Å². The number of nitrogens with zero attached hydrogens (tertiary/aromatic N) is 1. The minimum atomic E-state index is -0.159. The summed E-state index contributed by atoms with van der Waals surface area (Å²) in [7, 11) is 0. The number of unbranched alkanes of at least 4 members (excludes halogenated alkanes) is 1. The normalized spacial score (nSPS) is 12.7. The van der Waals surface area contributed by atoms with E-state index in [2.05, 4.69) is 12.2 Å². The molecule has 0 saturated heterocycles. The van der Waals surface area contributed by atoms with Crippen LogP contribution in [0.3, 0.4) is 0 Å². The average molecular weight is 394 g/mol. The van der Waals surface area contributed by atoms with Gasteiger partial charge in [0.05, 0.1) is 5.69 Å². The van der Waals surface area contributed by atoms with Crippen molar-refractivity contribution in [3.05, 3.63) is 83.9 Å². The Labute approximate surface area is 175 Å². The molecule has 4 heteroatoms. The van der Waals surface area contributed by atoms with Crippen molar-refractivity contribution < 1.29 is 9.59 Å². The highest BCUT2D eigenvalue weighted by Gasteiger charge is 2.30. The zero-order chi connectivity index (χ0) is 20.7. The molecule has 0 bridgehead atoms. The van der Waals surface area contributed by atoms with E-state index >= 15 is 0 Å². The van der Waals surface area contributed by atoms with Crippen molar-refractivity contribution in [3.63, 3.8) is 0 Å². The molecule has 0 aliphatic carbocycles. The lowest BCUT2D eigenvalue weighted by atomic mass is 10.0. The van der Waals surface area contributed by atoms with Gasteiger partial charge in [0, 0.05) is 34.1 Å². The van der Waals surface area contributed by atoms with E-state index < -0.39 is 0 Å². The van der Waals surface area contributed by atoms with Crippen molar-refractivity contribution in [2.75, 3.05) is 16.8 Å². The molecule has 4 aromatic carbocycles. The molecular weight excluding hydrogens is 372 g/mol. The van der Waals surface area contributed by atoms with E-state index in [0.717, 1.165) is 45.8 Å². The van der Waals surface area contributed by atoms with E-state index in [1.54, 1.807) is 0 Å². The molecule has 1 heterocycles. The van der Waals surface area contributed by atoms with Crippen LogP contribution in [0, 0.1) is 0 Å². The summed E-state index contributed by atoms with van der Waals surface area (Å²) < 4.78 is 0. The average Bonchev–Trinajstić information content (AvgIpc) is 3.06. The predicted octanol–water partition coefficient (Wildman–Crippen LogP) is 6.01. The molecule has 148 valence electrons. The molecule has 0 atom stereocenters. The van der Waals surface area contributed by atoms with Gasteiger partial charge in [-0.05, 0) is 47.5 Å². The highest BCUT2D eigenvalue weighted by molar-refractivity contribution is 6.27. The molecular formula is C26H22N2O2. The van der Waals surface area contributed by atoms with Gasteiger partial charge >= 0.3 is 0 Å². The Morgan fingerprint density at radius 2 is 1.77 bits per heavy atom. The minimum Gasteiger partial charge on any atom is -0.321 e. The van der Waals surface area contributed by atoms with Gasteiger partial charge in [0.1, 0.15) is 0 Å². The SMILES string of the molecule is CCCCN1C(=O)c2cccc3c(NC(=O)c4ccc5ccccc5c4)ccc1c23. The van der Waals surface area contributed by atoms with E-state index in [1.807, 2.05) is 77.7 Å². The number of benzene rings is 4. The Morgan fingerprint density at radius 1 is 0.933 bits per heavy atom. The van der Waals surface area contributed by atoms with Crippen LogP contribution in [0.15, 0.2) is 72.8 Å². The lowest BCUT2D eigenvalue weighted by molar-refractivity contribution is 0.0991. The molecule has 2 amide bonds. The second-order valence-corrected chi connectivity index (χ2v) is 7.69. The molecule has 1 N–H and O–H groups in total. The highest BCUT2D eigenvalue weighted by Crippen LogP contribution is 2.40. The largest absolute Gasteiger partial charge is 0.321 e. The van der Waals surface area contributed by atoms with Crippen LogP contribution in [-0.2, 0) is 0 Å². The third kappa shape index (κ3) is 2.92. The van der Waals surface area contributed by atoms with Crippen LogP contribution in [0.1, 0.15) is 40.5 Å². The Kier molecular flexibility index (Phi) is 4.47. The fourth-order valence-electron chi connectivity index (χ4n) is 4.22. The maximum Gasteiger partial charge on any atom is 0.258 e. The van der Waals surface area contributed by atoms with Crippen LogP contribution in [0.5, 0.6) is 0 Å². The Bertz CT molecular complexity index is 1310. The first-order valence-electron chi connectivity index (χ1n) is 10.3. The third-order valence-electron chi connectivity index (χ3n) is 5.78. The standard InChI is InChI=1S/C26H22N2O2/c1-2-3-15-28-23-14-13-22(20-9-6-10-21(24(20)23)26(28)30)27-25(29)19-12-11-17-7-4-5-8-18(17)16-19/h4-14,16H,2-3,15H2,1H3,(H,27,29). The number of carbonyl (C=O) groups excluding carboxylic acids is 2. The molecule has 0 radical (unpaired) electrons. The van der Waals surface area contributed by atoms with Crippen molar-refractivity contribution >= 4 is 44.7 Å². The Balaban J connectivity index is 1.52. The second-order valence-electron chi connectivity index (χ2n) is 7.69. The van der Waals surface area contributed by atoms with Crippen molar-refractivity contribution in [3.8, 4) is 0 Å². The topological polar surface area (TPSA) is 49.4 Å². The number of anilines is 2. The maximum atomic E-state index is 13.0. The lowest BCUT2D eigenvalue weighted by Gasteiger charge is -2.17. The summed E-state index contributed by atoms with van der Waals surface area (Å²) in [6.07, 6.45) is 1.99. The van der Waals surface area contributed by atoms with E-state index in [0.29, 0.717) is 17.7 Å². The Morgan fingerprint density at radius 3 is 2.60 bits per heavy atom. The van der Waals surface area contributed by atoms with Gasteiger partial charge in [-0.1, -0.05) is 55.8 Å². The molecule has 4 aromatic rings. The van der Waals surface area contributed by atoms with Gasteiger partial charge < -0.3 is 10.2 Å². The van der Waals surface area contributed by atoms with E-state index in [4.69, 9.17) is 0 Å². The van der Waals surface area contributed by atoms with Crippen LogP contribution >= 0.6 is 0 Å². The quantitative estimate of drug-likeness (QED) is 0.451. The van der Waals surface area contributed by atoms with Gasteiger partial charge in [0.25, 0.3) is 11.8 Å². The van der Waals surface area contributed by atoms with Crippen molar-refractivity contribution in [1.29, 1.82) is 0 Å². The smallest absolute Gasteiger partial charge is 0.258 e. The summed E-state index contributed by atoms with van der Waals surface area (Å²) in [6.45, 7) is 2.83. The van der Waals surface area contributed by atoms with E-state index in [-0.39, 0.29) is 11.8 Å². The zero-order valence-corrected chi connectivity index (χ0v) is 16.8. The lowest BCUT2D eigenvalue weighted by Crippen LogP contribution is -2.27. The predicted molar refractivity (Wildman–Crippen MR) is 122 cm³/mol. The number of hydrogen-bond donors (Lipinski definition) is 1. The summed E-state index contributed by atoms with van der Waals surface area (Å²) in [5, 5.41) is 7.01. The maximum absolute atomic E-state index is 13.0. The zero-order valence-electron chi connectivity index (χ0n) is 16.8. The number of fused-ring (bicyclic) bond motifs is 1. The van der Waals surface area contributed by atoms with Gasteiger partial charge in [0.2, 0.25) is 0 Å². The second kappa shape index (κ2) is 7.30. The summed E-state index contributed by atoms with van der Waals surface area (Å²) in [5.74, 6) is -0.115. The first-order valence-corrected chi connectivity index (χ1v) is 10.3. The van der Waals surface area contributed by atoms with Crippen LogP contribution in [0.2, 0.25) is 0 Å². The molecule has 0 fully saturated rings. The fourth-order valence-corrected chi connectivity index (χ4v) is 4.22. The molecule has 30 heavy (non-hydrogen) atoms. The summed E-state index contributed by atoms with van der Waals surface area (Å²) in [5.41, 5.74) is 2.97. The van der Waals surface area contributed by atoms with Crippen molar-refractivity contribution in [2.45, 2.75) is 19.8 Å². The van der Waals surface area contributed by atoms with Crippen LogP contribution < -0.4 is 10.2 Å². The number of hydrogen-bond acceptors (Lipinski definition) is 2. The third-order valence-corrected chi connectivity index (χ3v) is 5.78. The van der Waals surface area contributed by atoms with Gasteiger partial charge in [-0.25, -0.2) is 0 Å². The first-order chi connectivity index (χ1) is 14.7. The van der Waals surface area contributed by atoms with Gasteiger partial charge in [-0.2, -0.15) is 0 Å². The van der Waals surface area contributed by atoms with Gasteiger partial charge in [-0.3, -0.25) is 9.59 Å². The van der Waals surface area contributed by atoms with Gasteiger partial charge in [-0.15, -0.1) is 0 Å². The molecule has 4 nitrogen and oxygen atoms in total. The summed E-state index contributed by atoms with van der Waals surface area (Å²) >= 11 is 0. The molecule has 5 rings (SSSR count). The fraction of sp³-hybridized carbons (Fsp3) is 0.154. The molecule has 1 aliphatic rings. The highest BCUT2D eigenvalue weighted by atomic mass is 16.2. The minimum absolute atomic E-state index is 0.0436.